The number of alkyl halides is 2. The molecule has 3 N–H and O–H groups in total. The Morgan fingerprint density at radius 2 is 1.91 bits per heavy atom. The molecule has 2 bridgehead atoms. The first-order valence-electron chi connectivity index (χ1n) is 12.1. The van der Waals surface area contributed by atoms with Crippen LogP contribution in [0.3, 0.4) is 0 Å². The summed E-state index contributed by atoms with van der Waals surface area (Å²) in [5.74, 6) is -1.07. The summed E-state index contributed by atoms with van der Waals surface area (Å²) in [7, 11) is 0. The van der Waals surface area contributed by atoms with Crippen molar-refractivity contribution in [3.05, 3.63) is 29.7 Å². The molecule has 2 atom stereocenters. The van der Waals surface area contributed by atoms with Crippen LogP contribution in [0.5, 0.6) is 0 Å². The van der Waals surface area contributed by atoms with Crippen molar-refractivity contribution in [3.63, 3.8) is 0 Å². The molecule has 32 heavy (non-hydrogen) atoms. The van der Waals surface area contributed by atoms with E-state index in [-0.39, 0.29) is 36.8 Å². The lowest BCUT2D eigenvalue weighted by molar-refractivity contribution is -0.145. The lowest BCUT2D eigenvalue weighted by Crippen LogP contribution is -2.54. The molecule has 2 aromatic rings. The van der Waals surface area contributed by atoms with Gasteiger partial charge in [0.05, 0.1) is 30.2 Å². The molecular weight excluding hydrogens is 412 g/mol. The fraction of sp³-hybridized carbons (Fsp3) is 0.708. The van der Waals surface area contributed by atoms with E-state index in [0.29, 0.717) is 41.9 Å². The minimum atomic E-state index is -2.56. The number of nitrogens with zero attached hydrogens (tertiary/aromatic N) is 3. The van der Waals surface area contributed by atoms with Crippen molar-refractivity contribution in [2.45, 2.75) is 82.2 Å². The van der Waals surface area contributed by atoms with E-state index in [1.54, 1.807) is 4.52 Å². The number of rotatable bonds is 7. The van der Waals surface area contributed by atoms with Crippen molar-refractivity contribution in [2.75, 3.05) is 0 Å². The first-order chi connectivity index (χ1) is 15.3. The molecule has 5 fully saturated rings. The quantitative estimate of drug-likeness (QED) is 0.668. The maximum atomic E-state index is 13.5. The second-order valence-electron chi connectivity index (χ2n) is 11.0. The zero-order chi connectivity index (χ0) is 22.1. The Bertz CT molecular complexity index is 1020. The molecule has 5 saturated carbocycles. The van der Waals surface area contributed by atoms with Gasteiger partial charge >= 0.3 is 0 Å². The molecular formula is C24H31F2N5O. The minimum absolute atomic E-state index is 0.00879. The second-order valence-corrected chi connectivity index (χ2v) is 11.0. The number of amides is 1. The average molecular weight is 444 g/mol. The van der Waals surface area contributed by atoms with Crippen LogP contribution in [0.25, 0.3) is 5.65 Å². The molecule has 2 heterocycles. The van der Waals surface area contributed by atoms with Crippen molar-refractivity contribution in [1.82, 2.24) is 19.9 Å². The molecule has 6 nitrogen and oxygen atoms in total. The number of carbonyl (C=O) groups excluding carboxylic acids is 1. The third-order valence-corrected chi connectivity index (χ3v) is 8.44. The highest BCUT2D eigenvalue weighted by Crippen LogP contribution is 2.66. The second kappa shape index (κ2) is 7.20. The molecule has 0 radical (unpaired) electrons. The van der Waals surface area contributed by atoms with Crippen LogP contribution in [0.15, 0.2) is 18.5 Å². The van der Waals surface area contributed by atoms with Gasteiger partial charge in [-0.15, -0.1) is 0 Å². The molecule has 5 aliphatic carbocycles. The van der Waals surface area contributed by atoms with Crippen molar-refractivity contribution in [3.8, 4) is 0 Å². The van der Waals surface area contributed by atoms with Gasteiger partial charge in [0.1, 0.15) is 0 Å². The van der Waals surface area contributed by atoms with Crippen LogP contribution >= 0.6 is 0 Å². The molecule has 2 aromatic heterocycles. The van der Waals surface area contributed by atoms with Crippen molar-refractivity contribution < 1.29 is 13.6 Å². The largest absolute Gasteiger partial charge is 0.349 e. The van der Waals surface area contributed by atoms with Gasteiger partial charge in [-0.05, 0) is 79.7 Å². The molecule has 7 rings (SSSR count). The number of hydrogen-bond acceptors (Lipinski definition) is 4. The van der Waals surface area contributed by atoms with Gasteiger partial charge in [0.2, 0.25) is 11.8 Å². The molecule has 8 heteroatoms. The zero-order valence-corrected chi connectivity index (χ0v) is 18.3. The van der Waals surface area contributed by atoms with Crippen LogP contribution in [0, 0.1) is 23.2 Å². The van der Waals surface area contributed by atoms with E-state index in [9.17, 15) is 13.6 Å². The maximum Gasteiger partial charge on any atom is 0.248 e. The van der Waals surface area contributed by atoms with Crippen LogP contribution < -0.4 is 11.1 Å². The van der Waals surface area contributed by atoms with Crippen molar-refractivity contribution in [1.29, 1.82) is 0 Å². The Morgan fingerprint density at radius 3 is 2.53 bits per heavy atom. The van der Waals surface area contributed by atoms with E-state index in [1.807, 2.05) is 18.5 Å². The first-order valence-corrected chi connectivity index (χ1v) is 12.1. The number of nitrogens with two attached hydrogens (primary N) is 1. The van der Waals surface area contributed by atoms with Gasteiger partial charge in [0, 0.05) is 19.3 Å². The lowest BCUT2D eigenvalue weighted by Gasteiger charge is -2.61. The van der Waals surface area contributed by atoms with Crippen molar-refractivity contribution in [2.24, 2.45) is 28.9 Å². The van der Waals surface area contributed by atoms with E-state index in [1.165, 1.54) is 19.3 Å². The SMILES string of the molecule is N[C@H](c1cn2ncc(C(NC(=O)CC34CC(C3)C4)C3CC3)cc2n1)C1CCC(F)(F)CC1. The number of carbonyl (C=O) groups is 1. The summed E-state index contributed by atoms with van der Waals surface area (Å²) in [6, 6.07) is 1.59. The van der Waals surface area contributed by atoms with Crippen LogP contribution in [-0.2, 0) is 4.79 Å². The molecule has 1 amide bonds. The van der Waals surface area contributed by atoms with E-state index in [2.05, 4.69) is 15.4 Å². The Morgan fingerprint density at radius 1 is 1.19 bits per heavy atom. The van der Waals surface area contributed by atoms with Crippen molar-refractivity contribution >= 4 is 11.6 Å². The van der Waals surface area contributed by atoms with E-state index in [0.717, 1.165) is 24.3 Å². The number of imidazole rings is 1. The summed E-state index contributed by atoms with van der Waals surface area (Å²) >= 11 is 0. The third kappa shape index (κ3) is 3.70. The van der Waals surface area contributed by atoms with Crippen LogP contribution in [0.4, 0.5) is 8.78 Å². The molecule has 0 spiro atoms. The van der Waals surface area contributed by atoms with Gasteiger partial charge in [-0.3, -0.25) is 4.79 Å². The van der Waals surface area contributed by atoms with Gasteiger partial charge in [-0.1, -0.05) is 0 Å². The summed E-state index contributed by atoms with van der Waals surface area (Å²) in [5.41, 5.74) is 9.08. The summed E-state index contributed by atoms with van der Waals surface area (Å²) in [4.78, 5) is 17.4. The smallest absolute Gasteiger partial charge is 0.248 e. The number of hydrogen-bond donors (Lipinski definition) is 2. The molecule has 0 aromatic carbocycles. The zero-order valence-electron chi connectivity index (χ0n) is 18.3. The number of aromatic nitrogens is 3. The van der Waals surface area contributed by atoms with Gasteiger partial charge < -0.3 is 11.1 Å². The Kier molecular flexibility index (Phi) is 4.62. The normalized spacial score (nSPS) is 30.9. The summed E-state index contributed by atoms with van der Waals surface area (Å²) < 4.78 is 28.7. The predicted molar refractivity (Wildman–Crippen MR) is 115 cm³/mol. The van der Waals surface area contributed by atoms with Gasteiger partial charge in [-0.2, -0.15) is 5.10 Å². The molecule has 5 aliphatic rings. The summed E-state index contributed by atoms with van der Waals surface area (Å²) in [5, 5.41) is 7.81. The first kappa shape index (κ1) is 20.5. The molecule has 0 aliphatic heterocycles. The standard InChI is InChI=1S/C24H31F2N5O/c25-24(26)5-3-15(4-6-24)21(27)18-13-31-19(29-18)7-17(12-28-31)22(16-1-2-16)30-20(32)11-23-8-14(9-23)10-23/h7,12-16,21-22H,1-6,8-11,27H2,(H,30,32)/t14?,21-,22?,23?/m0/s1. The highest BCUT2D eigenvalue weighted by molar-refractivity contribution is 5.78. The predicted octanol–water partition coefficient (Wildman–Crippen LogP) is 4.31. The van der Waals surface area contributed by atoms with E-state index < -0.39 is 5.92 Å². The number of halogens is 2. The third-order valence-electron chi connectivity index (χ3n) is 8.44. The van der Waals surface area contributed by atoms with Crippen LogP contribution in [-0.4, -0.2) is 26.4 Å². The number of fused-ring (bicyclic) bond motifs is 1. The lowest BCUT2D eigenvalue weighted by atomic mass is 9.43. The summed E-state index contributed by atoms with van der Waals surface area (Å²) in [6.45, 7) is 0. The van der Waals surface area contributed by atoms with Crippen LogP contribution in [0.2, 0.25) is 0 Å². The Balaban J connectivity index is 1.17. The van der Waals surface area contributed by atoms with E-state index in [4.69, 9.17) is 5.73 Å². The molecule has 172 valence electrons. The minimum Gasteiger partial charge on any atom is -0.349 e. The Labute approximate surface area is 186 Å². The van der Waals surface area contributed by atoms with E-state index >= 15 is 0 Å². The average Bonchev–Trinajstić information content (AvgIpc) is 3.45. The molecule has 1 unspecified atom stereocenters. The highest BCUT2D eigenvalue weighted by atomic mass is 19.3. The monoisotopic (exact) mass is 443 g/mol. The van der Waals surface area contributed by atoms with Gasteiger partial charge in [-0.25, -0.2) is 18.3 Å². The number of nitrogens with one attached hydrogen (secondary N) is 1. The Hall–Kier alpha value is -2.09. The highest BCUT2D eigenvalue weighted by Gasteiger charge is 2.57. The fourth-order valence-corrected chi connectivity index (χ4v) is 6.25. The maximum absolute atomic E-state index is 13.5. The fourth-order valence-electron chi connectivity index (χ4n) is 6.25. The topological polar surface area (TPSA) is 85.3 Å². The van der Waals surface area contributed by atoms with Gasteiger partial charge in [0.15, 0.2) is 5.65 Å². The molecule has 0 saturated heterocycles. The van der Waals surface area contributed by atoms with Crippen LogP contribution in [0.1, 0.15) is 87.5 Å². The van der Waals surface area contributed by atoms with Gasteiger partial charge in [0.25, 0.3) is 0 Å². The summed E-state index contributed by atoms with van der Waals surface area (Å²) in [6.07, 6.45) is 10.8.